The Morgan fingerprint density at radius 1 is 1.27 bits per heavy atom. The van der Waals surface area contributed by atoms with E-state index in [2.05, 4.69) is 30.4 Å². The van der Waals surface area contributed by atoms with Crippen molar-refractivity contribution >= 4 is 11.9 Å². The minimum Gasteiger partial charge on any atom is -0.480 e. The predicted molar refractivity (Wildman–Crippen MR) is 101 cm³/mol. The number of nitrogens with zero attached hydrogens (tertiary/aromatic N) is 1. The van der Waals surface area contributed by atoms with Crippen LogP contribution in [0.1, 0.15) is 56.6 Å². The number of likely N-dealkylation sites (N-methyl/N-ethyl adjacent to an activating group) is 1. The molecule has 2 aliphatic rings. The van der Waals surface area contributed by atoms with Crippen molar-refractivity contribution in [1.82, 2.24) is 10.2 Å². The summed E-state index contributed by atoms with van der Waals surface area (Å²) in [4.78, 5) is 26.1. The van der Waals surface area contributed by atoms with E-state index in [0.717, 1.165) is 50.6 Å². The Labute approximate surface area is 155 Å². The minimum atomic E-state index is -0.788. The van der Waals surface area contributed by atoms with Crippen molar-refractivity contribution in [3.63, 3.8) is 0 Å². The summed E-state index contributed by atoms with van der Waals surface area (Å²) in [6, 6.07) is 8.79. The van der Waals surface area contributed by atoms with Gasteiger partial charge in [-0.15, -0.1) is 0 Å². The Hall–Kier alpha value is -1.88. The van der Waals surface area contributed by atoms with Crippen molar-refractivity contribution in [2.24, 2.45) is 0 Å². The van der Waals surface area contributed by atoms with Crippen molar-refractivity contribution in [2.75, 3.05) is 13.1 Å². The van der Waals surface area contributed by atoms with Gasteiger partial charge in [0.2, 0.25) is 5.91 Å². The second-order valence-electron chi connectivity index (χ2n) is 7.91. The summed E-state index contributed by atoms with van der Waals surface area (Å²) in [5.74, 6) is -0.631. The minimum absolute atomic E-state index is 0.0784. The summed E-state index contributed by atoms with van der Waals surface area (Å²) in [7, 11) is 0. The van der Waals surface area contributed by atoms with Crippen LogP contribution in [0.15, 0.2) is 24.3 Å². The average Bonchev–Trinajstić information content (AvgIpc) is 3.06. The molecule has 1 aromatic rings. The van der Waals surface area contributed by atoms with Gasteiger partial charge in [-0.1, -0.05) is 49.6 Å². The predicted octanol–water partition coefficient (Wildman–Crippen LogP) is 2.86. The highest BCUT2D eigenvalue weighted by atomic mass is 16.4. The van der Waals surface area contributed by atoms with Crippen molar-refractivity contribution in [3.05, 3.63) is 35.4 Å². The van der Waals surface area contributed by atoms with Gasteiger partial charge < -0.3 is 10.4 Å². The molecule has 2 saturated carbocycles. The average molecular weight is 358 g/mol. The molecule has 0 atom stereocenters. The van der Waals surface area contributed by atoms with Crippen LogP contribution in [0.2, 0.25) is 0 Å². The van der Waals surface area contributed by atoms with E-state index in [1.54, 1.807) is 0 Å². The first-order valence-corrected chi connectivity index (χ1v) is 9.78. The van der Waals surface area contributed by atoms with Gasteiger partial charge in [0.15, 0.2) is 0 Å². The molecule has 0 unspecified atom stereocenters. The van der Waals surface area contributed by atoms with Crippen molar-refractivity contribution < 1.29 is 14.7 Å². The van der Waals surface area contributed by atoms with E-state index in [-0.39, 0.29) is 30.0 Å². The van der Waals surface area contributed by atoms with Crippen molar-refractivity contribution in [3.8, 4) is 0 Å². The molecule has 0 aromatic heterocycles. The topological polar surface area (TPSA) is 69.6 Å². The summed E-state index contributed by atoms with van der Waals surface area (Å²) in [6.07, 6.45) is 5.71. The van der Waals surface area contributed by atoms with E-state index in [1.165, 1.54) is 5.56 Å². The Kier molecular flexibility index (Phi) is 5.66. The monoisotopic (exact) mass is 358 g/mol. The number of carboxylic acid groups (broad SMARTS) is 1. The summed E-state index contributed by atoms with van der Waals surface area (Å²) < 4.78 is 0. The summed E-state index contributed by atoms with van der Waals surface area (Å²) in [6.45, 7) is 4.86. The molecule has 142 valence electrons. The Morgan fingerprint density at radius 3 is 2.54 bits per heavy atom. The number of hydrogen-bond acceptors (Lipinski definition) is 3. The number of carboxylic acids is 1. The third kappa shape index (κ3) is 3.78. The number of aliphatic carboxylic acids is 1. The fraction of sp³-hybridized carbons (Fsp3) is 0.619. The third-order valence-electron chi connectivity index (χ3n) is 6.17. The molecule has 5 heteroatoms. The first-order valence-electron chi connectivity index (χ1n) is 9.78. The number of rotatable bonds is 7. The molecule has 1 amide bonds. The summed E-state index contributed by atoms with van der Waals surface area (Å²) in [5, 5.41) is 12.3. The second kappa shape index (κ2) is 7.78. The maximum absolute atomic E-state index is 13.2. The van der Waals surface area contributed by atoms with Gasteiger partial charge in [-0.25, -0.2) is 0 Å². The van der Waals surface area contributed by atoms with E-state index in [1.807, 2.05) is 17.9 Å². The zero-order valence-corrected chi connectivity index (χ0v) is 15.8. The number of aryl methyl sites for hydroxylation is 1. The van der Waals surface area contributed by atoms with Crippen LogP contribution in [0.5, 0.6) is 0 Å². The maximum Gasteiger partial charge on any atom is 0.317 e. The summed E-state index contributed by atoms with van der Waals surface area (Å²) >= 11 is 0. The molecule has 0 heterocycles. The van der Waals surface area contributed by atoms with Crippen LogP contribution in [-0.4, -0.2) is 47.1 Å². The molecule has 2 fully saturated rings. The number of nitrogens with one attached hydrogen (secondary N) is 1. The molecule has 0 radical (unpaired) electrons. The van der Waals surface area contributed by atoms with Crippen LogP contribution in [0.3, 0.4) is 0 Å². The van der Waals surface area contributed by atoms with E-state index >= 15 is 0 Å². The molecule has 26 heavy (non-hydrogen) atoms. The first-order chi connectivity index (χ1) is 12.4. The van der Waals surface area contributed by atoms with Gasteiger partial charge >= 0.3 is 5.97 Å². The first kappa shape index (κ1) is 18.9. The lowest BCUT2D eigenvalue weighted by molar-refractivity contribution is -0.140. The number of carbonyl (C=O) groups is 2. The molecular formula is C21H30N2O3. The molecule has 2 N–H and O–H groups in total. The number of carbonyl (C=O) groups excluding carboxylic acids is 1. The van der Waals surface area contributed by atoms with Gasteiger partial charge in [-0.2, -0.15) is 0 Å². The van der Waals surface area contributed by atoms with Gasteiger partial charge in [0.1, 0.15) is 0 Å². The fourth-order valence-corrected chi connectivity index (χ4v) is 4.57. The number of hydrogen-bond donors (Lipinski definition) is 2. The second-order valence-corrected chi connectivity index (χ2v) is 7.91. The van der Waals surface area contributed by atoms with E-state index in [4.69, 9.17) is 5.11 Å². The zero-order valence-electron chi connectivity index (χ0n) is 15.8. The summed E-state index contributed by atoms with van der Waals surface area (Å²) in [5.41, 5.74) is 1.95. The van der Waals surface area contributed by atoms with Gasteiger partial charge in [0.25, 0.3) is 0 Å². The normalized spacial score (nSPS) is 24.3. The van der Waals surface area contributed by atoms with E-state index < -0.39 is 5.97 Å². The largest absolute Gasteiger partial charge is 0.480 e. The third-order valence-corrected chi connectivity index (χ3v) is 6.17. The van der Waals surface area contributed by atoms with Crippen LogP contribution < -0.4 is 5.32 Å². The van der Waals surface area contributed by atoms with Crippen LogP contribution in [0.25, 0.3) is 0 Å². The van der Waals surface area contributed by atoms with Crippen LogP contribution in [-0.2, 0) is 15.0 Å². The molecule has 5 nitrogen and oxygen atoms in total. The highest BCUT2D eigenvalue weighted by molar-refractivity contribution is 5.89. The maximum atomic E-state index is 13.2. The molecule has 0 aliphatic heterocycles. The quantitative estimate of drug-likeness (QED) is 0.786. The smallest absolute Gasteiger partial charge is 0.317 e. The van der Waals surface area contributed by atoms with Crippen molar-refractivity contribution in [2.45, 2.75) is 69.9 Å². The van der Waals surface area contributed by atoms with Crippen molar-refractivity contribution in [1.29, 1.82) is 0 Å². The SMILES string of the molecule is CCN(CC(=O)O)C1CC(NC(=O)C2(c3cccc(C)c3)CCCC2)C1. The Morgan fingerprint density at radius 2 is 1.96 bits per heavy atom. The Bertz CT molecular complexity index is 661. The van der Waals surface area contributed by atoms with Gasteiger partial charge in [0, 0.05) is 12.1 Å². The van der Waals surface area contributed by atoms with Gasteiger partial charge in [-0.3, -0.25) is 14.5 Å². The fourth-order valence-electron chi connectivity index (χ4n) is 4.57. The van der Waals surface area contributed by atoms with Gasteiger partial charge in [-0.05, 0) is 44.7 Å². The highest BCUT2D eigenvalue weighted by Crippen LogP contribution is 2.42. The van der Waals surface area contributed by atoms with Gasteiger partial charge in [0.05, 0.1) is 12.0 Å². The Balaban J connectivity index is 1.63. The molecule has 1 aromatic carbocycles. The molecule has 0 spiro atoms. The number of amides is 1. The molecule has 2 aliphatic carbocycles. The highest BCUT2D eigenvalue weighted by Gasteiger charge is 2.45. The zero-order chi connectivity index (χ0) is 18.7. The van der Waals surface area contributed by atoms with E-state index in [0.29, 0.717) is 0 Å². The molecular weight excluding hydrogens is 328 g/mol. The van der Waals surface area contributed by atoms with Crippen LogP contribution in [0, 0.1) is 6.92 Å². The lowest BCUT2D eigenvalue weighted by Gasteiger charge is -2.43. The van der Waals surface area contributed by atoms with Crippen LogP contribution in [0.4, 0.5) is 0 Å². The van der Waals surface area contributed by atoms with E-state index in [9.17, 15) is 9.59 Å². The molecule has 0 saturated heterocycles. The molecule has 0 bridgehead atoms. The number of benzene rings is 1. The lowest BCUT2D eigenvalue weighted by Crippen LogP contribution is -2.57. The van der Waals surface area contributed by atoms with Crippen LogP contribution >= 0.6 is 0 Å². The standard InChI is InChI=1S/C21H30N2O3/c1-3-23(14-19(24)25)18-12-17(13-18)22-20(26)21(9-4-5-10-21)16-8-6-7-15(2)11-16/h6-8,11,17-18H,3-5,9-10,12-14H2,1-2H3,(H,22,26)(H,24,25). The lowest BCUT2D eigenvalue weighted by atomic mass is 9.76. The molecule has 3 rings (SSSR count).